The van der Waals surface area contributed by atoms with Gasteiger partial charge >= 0.3 is 0 Å². The molecule has 122 valence electrons. The number of amidine groups is 1. The molecule has 0 aromatic heterocycles. The molecule has 0 radical (unpaired) electrons. The molecule has 4 nitrogen and oxygen atoms in total. The van der Waals surface area contributed by atoms with Crippen LogP contribution in [0.25, 0.3) is 0 Å². The Balaban J connectivity index is 2.18. The first-order valence-electron chi connectivity index (χ1n) is 7.76. The van der Waals surface area contributed by atoms with Gasteiger partial charge in [-0.3, -0.25) is 9.98 Å². The lowest BCUT2D eigenvalue weighted by Crippen LogP contribution is -2.17. The first kappa shape index (κ1) is 16.4. The summed E-state index contributed by atoms with van der Waals surface area (Å²) >= 11 is 0. The van der Waals surface area contributed by atoms with Crippen LogP contribution >= 0.6 is 0 Å². The number of aliphatic imine (C=N–C) groups is 2. The lowest BCUT2D eigenvalue weighted by atomic mass is 9.98. The zero-order valence-electron chi connectivity index (χ0n) is 13.6. The molecule has 1 aliphatic rings. The second-order valence-corrected chi connectivity index (χ2v) is 5.56. The molecule has 0 saturated carbocycles. The molecule has 1 N–H and O–H groups in total. The van der Waals surface area contributed by atoms with Gasteiger partial charge in [0.05, 0.1) is 23.9 Å². The van der Waals surface area contributed by atoms with Gasteiger partial charge in [0, 0.05) is 16.8 Å². The van der Waals surface area contributed by atoms with Crippen LogP contribution in [0.3, 0.4) is 0 Å². The molecular weight excluding hydrogens is 315 g/mol. The van der Waals surface area contributed by atoms with Gasteiger partial charge in [0.15, 0.2) is 0 Å². The van der Waals surface area contributed by atoms with E-state index in [4.69, 9.17) is 6.42 Å². The third-order valence-corrected chi connectivity index (χ3v) is 3.79. The molecule has 0 fully saturated rings. The molecule has 0 bridgehead atoms. The molecule has 3 rings (SSSR count). The van der Waals surface area contributed by atoms with Crippen LogP contribution in [0.5, 0.6) is 0 Å². The molecule has 0 saturated heterocycles. The Morgan fingerprint density at radius 3 is 2.80 bits per heavy atom. The summed E-state index contributed by atoms with van der Waals surface area (Å²) < 4.78 is 14.3. The molecule has 5 heteroatoms. The number of nitrogens with one attached hydrogen (secondary N) is 1. The van der Waals surface area contributed by atoms with E-state index in [1.165, 1.54) is 6.07 Å². The van der Waals surface area contributed by atoms with Crippen molar-refractivity contribution in [3.05, 3.63) is 65.0 Å². The molecule has 1 unspecified atom stereocenters. The molecule has 0 spiro atoms. The van der Waals surface area contributed by atoms with E-state index >= 15 is 0 Å². The number of nitriles is 1. The van der Waals surface area contributed by atoms with Crippen LogP contribution in [0, 0.1) is 29.5 Å². The van der Waals surface area contributed by atoms with Crippen molar-refractivity contribution in [2.24, 2.45) is 9.98 Å². The number of nitrogens with zero attached hydrogens (tertiary/aromatic N) is 3. The number of fused-ring (bicyclic) bond motifs is 1. The molecule has 2 aromatic rings. The largest absolute Gasteiger partial charge is 0.342 e. The summed E-state index contributed by atoms with van der Waals surface area (Å²) in [5, 5.41) is 12.4. The minimum Gasteiger partial charge on any atom is -0.342 e. The third-order valence-electron chi connectivity index (χ3n) is 3.79. The number of hydrogen-bond donors (Lipinski definition) is 1. The normalized spacial score (nSPS) is 15.8. The maximum absolute atomic E-state index is 14.3. The Labute approximate surface area is 145 Å². The van der Waals surface area contributed by atoms with Crippen molar-refractivity contribution in [3.8, 4) is 18.4 Å². The molecule has 0 aliphatic carbocycles. The molecule has 1 aliphatic heterocycles. The van der Waals surface area contributed by atoms with Crippen LogP contribution in [0.15, 0.2) is 52.4 Å². The summed E-state index contributed by atoms with van der Waals surface area (Å²) in [4.78, 5) is 8.96. The van der Waals surface area contributed by atoms with E-state index in [2.05, 4.69) is 27.3 Å². The van der Waals surface area contributed by atoms with Crippen LogP contribution in [0.4, 0.5) is 10.1 Å². The van der Waals surface area contributed by atoms with Gasteiger partial charge in [0.25, 0.3) is 0 Å². The van der Waals surface area contributed by atoms with Crippen LogP contribution in [-0.4, -0.2) is 24.1 Å². The molecule has 0 amide bonds. The average Bonchev–Trinajstić information content (AvgIpc) is 2.80. The standard InChI is InChI=1S/C20H15FN4/c1-3-13(2)24-19-12-23-20(15-6-4-5-7-17(15)21)16-10-14(11-22)8-9-18(16)25-19/h1,4-10,13H,12H2,2H3,(H,24,25). The number of benzene rings is 2. The molecular formula is C20H15FN4. The average molecular weight is 330 g/mol. The monoisotopic (exact) mass is 330 g/mol. The van der Waals surface area contributed by atoms with Crippen LogP contribution < -0.4 is 5.32 Å². The van der Waals surface area contributed by atoms with Crippen LogP contribution in [0.2, 0.25) is 0 Å². The zero-order chi connectivity index (χ0) is 17.8. The van der Waals surface area contributed by atoms with Crippen molar-refractivity contribution in [2.45, 2.75) is 13.0 Å². The van der Waals surface area contributed by atoms with Gasteiger partial charge in [0.2, 0.25) is 0 Å². The quantitative estimate of drug-likeness (QED) is 0.858. The Morgan fingerprint density at radius 1 is 1.28 bits per heavy atom. The smallest absolute Gasteiger partial charge is 0.132 e. The molecule has 25 heavy (non-hydrogen) atoms. The highest BCUT2D eigenvalue weighted by atomic mass is 19.1. The highest BCUT2D eigenvalue weighted by Crippen LogP contribution is 2.25. The highest BCUT2D eigenvalue weighted by molar-refractivity contribution is 6.20. The van der Waals surface area contributed by atoms with Crippen molar-refractivity contribution < 1.29 is 4.39 Å². The number of anilines is 1. The Morgan fingerprint density at radius 2 is 2.08 bits per heavy atom. The van der Waals surface area contributed by atoms with Gasteiger partial charge in [-0.25, -0.2) is 4.39 Å². The fourth-order valence-corrected chi connectivity index (χ4v) is 2.58. The fraction of sp³-hybridized carbons (Fsp3) is 0.150. The molecule has 1 heterocycles. The fourth-order valence-electron chi connectivity index (χ4n) is 2.58. The SMILES string of the molecule is C#CC(C)N=C1CN=C(c2ccccc2F)c2cc(C#N)ccc2N1. The lowest BCUT2D eigenvalue weighted by Gasteiger charge is -2.12. The van der Waals surface area contributed by atoms with E-state index < -0.39 is 0 Å². The van der Waals surface area contributed by atoms with Gasteiger partial charge in [-0.1, -0.05) is 18.1 Å². The summed E-state index contributed by atoms with van der Waals surface area (Å²) in [5.74, 6) is 2.78. The predicted octanol–water partition coefficient (Wildman–Crippen LogP) is 3.38. The van der Waals surface area contributed by atoms with E-state index in [1.807, 2.05) is 0 Å². The van der Waals surface area contributed by atoms with Crippen molar-refractivity contribution in [1.29, 1.82) is 5.26 Å². The molecule has 1 atom stereocenters. The van der Waals surface area contributed by atoms with Crippen molar-refractivity contribution in [1.82, 2.24) is 0 Å². The third kappa shape index (κ3) is 3.41. The Bertz CT molecular complexity index is 960. The second-order valence-electron chi connectivity index (χ2n) is 5.56. The Kier molecular flexibility index (Phi) is 4.59. The maximum atomic E-state index is 14.3. The summed E-state index contributed by atoms with van der Waals surface area (Å²) in [6.45, 7) is 2.05. The van der Waals surface area contributed by atoms with Crippen molar-refractivity contribution >= 4 is 17.2 Å². The first-order valence-corrected chi connectivity index (χ1v) is 7.76. The number of terminal acetylenes is 1. The minimum absolute atomic E-state index is 0.242. The van der Waals surface area contributed by atoms with Gasteiger partial charge in [-0.15, -0.1) is 6.42 Å². The van der Waals surface area contributed by atoms with Crippen LogP contribution in [-0.2, 0) is 0 Å². The second kappa shape index (κ2) is 6.98. The van der Waals surface area contributed by atoms with E-state index in [-0.39, 0.29) is 18.4 Å². The first-order chi connectivity index (χ1) is 12.1. The lowest BCUT2D eigenvalue weighted by molar-refractivity contribution is 0.625. The number of hydrogen-bond acceptors (Lipinski definition) is 3. The molecule has 2 aromatic carbocycles. The highest BCUT2D eigenvalue weighted by Gasteiger charge is 2.20. The van der Waals surface area contributed by atoms with Gasteiger partial charge in [-0.2, -0.15) is 5.26 Å². The predicted molar refractivity (Wildman–Crippen MR) is 97.4 cm³/mol. The summed E-state index contributed by atoms with van der Waals surface area (Å²) in [6.07, 6.45) is 5.39. The number of benzodiazepines with no additional fused rings is 1. The zero-order valence-corrected chi connectivity index (χ0v) is 13.6. The summed E-state index contributed by atoms with van der Waals surface area (Å²) in [6, 6.07) is 13.4. The summed E-state index contributed by atoms with van der Waals surface area (Å²) in [7, 11) is 0. The van der Waals surface area contributed by atoms with E-state index in [1.54, 1.807) is 43.3 Å². The Hall–Kier alpha value is -3.44. The maximum Gasteiger partial charge on any atom is 0.132 e. The summed E-state index contributed by atoms with van der Waals surface area (Å²) in [5.41, 5.74) is 2.70. The van der Waals surface area contributed by atoms with Gasteiger partial charge in [-0.05, 0) is 37.3 Å². The van der Waals surface area contributed by atoms with Gasteiger partial charge < -0.3 is 5.32 Å². The topological polar surface area (TPSA) is 60.5 Å². The minimum atomic E-state index is -0.369. The van der Waals surface area contributed by atoms with Crippen molar-refractivity contribution in [2.75, 3.05) is 11.9 Å². The van der Waals surface area contributed by atoms with E-state index in [0.29, 0.717) is 33.9 Å². The van der Waals surface area contributed by atoms with E-state index in [9.17, 15) is 9.65 Å². The van der Waals surface area contributed by atoms with Gasteiger partial charge in [0.1, 0.15) is 17.7 Å². The van der Waals surface area contributed by atoms with Crippen LogP contribution in [0.1, 0.15) is 23.6 Å². The number of halogens is 1. The number of rotatable bonds is 2. The van der Waals surface area contributed by atoms with Crippen molar-refractivity contribution in [3.63, 3.8) is 0 Å². The van der Waals surface area contributed by atoms with E-state index in [0.717, 1.165) is 0 Å².